The first-order valence-corrected chi connectivity index (χ1v) is 6.21. The maximum atomic E-state index is 9.18. The van der Waals surface area contributed by atoms with Crippen molar-refractivity contribution >= 4 is 28.5 Å². The van der Waals surface area contributed by atoms with Gasteiger partial charge in [0.1, 0.15) is 23.0 Å². The van der Waals surface area contributed by atoms with Crippen molar-refractivity contribution in [3.05, 3.63) is 42.0 Å². The van der Waals surface area contributed by atoms with Gasteiger partial charge in [-0.05, 0) is 30.3 Å². The van der Waals surface area contributed by atoms with Gasteiger partial charge in [0.2, 0.25) is 0 Å². The number of hydrogen-bond donors (Lipinski definition) is 2. The van der Waals surface area contributed by atoms with E-state index in [0.717, 1.165) is 0 Å². The summed E-state index contributed by atoms with van der Waals surface area (Å²) in [6.07, 6.45) is 0. The lowest BCUT2D eigenvalue weighted by molar-refractivity contribution is 0.416. The van der Waals surface area contributed by atoms with Crippen LogP contribution in [0.4, 0.5) is 17.4 Å². The fourth-order valence-electron chi connectivity index (χ4n) is 2.03. The van der Waals surface area contributed by atoms with Crippen molar-refractivity contribution in [3.63, 3.8) is 0 Å². The summed E-state index contributed by atoms with van der Waals surface area (Å²) in [7, 11) is 1.54. The van der Waals surface area contributed by atoms with Crippen molar-refractivity contribution in [2.75, 3.05) is 18.2 Å². The van der Waals surface area contributed by atoms with Gasteiger partial charge in [-0.15, -0.1) is 0 Å². The summed E-state index contributed by atoms with van der Waals surface area (Å²) in [4.78, 5) is 4.30. The smallest absolute Gasteiger partial charge is 0.300 e. The molecular formula is C15H12N4O2. The minimum atomic E-state index is 0.275. The van der Waals surface area contributed by atoms with Crippen LogP contribution in [0.5, 0.6) is 5.75 Å². The molecule has 0 aliphatic rings. The van der Waals surface area contributed by atoms with Gasteiger partial charge in [-0.3, -0.25) is 0 Å². The van der Waals surface area contributed by atoms with Gasteiger partial charge < -0.3 is 20.2 Å². The van der Waals surface area contributed by atoms with Crippen LogP contribution in [0, 0.1) is 11.3 Å². The number of ether oxygens (including phenoxy) is 1. The monoisotopic (exact) mass is 280 g/mol. The van der Waals surface area contributed by atoms with Crippen LogP contribution in [-0.2, 0) is 0 Å². The number of hydrogen-bond acceptors (Lipinski definition) is 6. The second-order valence-corrected chi connectivity index (χ2v) is 4.37. The molecule has 0 unspecified atom stereocenters. The van der Waals surface area contributed by atoms with E-state index in [-0.39, 0.29) is 6.01 Å². The molecule has 0 spiro atoms. The predicted molar refractivity (Wildman–Crippen MR) is 79.4 cm³/mol. The van der Waals surface area contributed by atoms with Crippen molar-refractivity contribution in [1.82, 2.24) is 4.98 Å². The topological polar surface area (TPSA) is 97.1 Å². The van der Waals surface area contributed by atoms with Crippen molar-refractivity contribution in [3.8, 4) is 11.8 Å². The van der Waals surface area contributed by atoms with E-state index in [1.54, 1.807) is 36.4 Å². The summed E-state index contributed by atoms with van der Waals surface area (Å²) in [5.74, 6) is 0.538. The largest absolute Gasteiger partial charge is 0.495 e. The molecule has 0 aliphatic carbocycles. The minimum absolute atomic E-state index is 0.275. The van der Waals surface area contributed by atoms with Crippen LogP contribution in [0.2, 0.25) is 0 Å². The fourth-order valence-corrected chi connectivity index (χ4v) is 2.03. The van der Waals surface area contributed by atoms with Crippen LogP contribution in [0.15, 0.2) is 40.8 Å². The summed E-state index contributed by atoms with van der Waals surface area (Å²) in [5.41, 5.74) is 8.53. The molecule has 0 bridgehead atoms. The Morgan fingerprint density at radius 2 is 2.19 bits per heavy atom. The van der Waals surface area contributed by atoms with E-state index in [4.69, 9.17) is 14.9 Å². The molecule has 6 nitrogen and oxygen atoms in total. The van der Waals surface area contributed by atoms with E-state index in [9.17, 15) is 5.26 Å². The minimum Gasteiger partial charge on any atom is -0.495 e. The lowest BCUT2D eigenvalue weighted by atomic mass is 10.2. The molecule has 0 saturated carbocycles. The molecule has 0 radical (unpaired) electrons. The summed E-state index contributed by atoms with van der Waals surface area (Å²) >= 11 is 0. The Morgan fingerprint density at radius 3 is 2.95 bits per heavy atom. The van der Waals surface area contributed by atoms with Crippen LogP contribution in [-0.4, -0.2) is 12.1 Å². The number of nitriles is 1. The van der Waals surface area contributed by atoms with Gasteiger partial charge in [-0.1, -0.05) is 6.07 Å². The molecule has 1 aromatic heterocycles. The van der Waals surface area contributed by atoms with Gasteiger partial charge in [-0.2, -0.15) is 10.2 Å². The molecule has 0 saturated heterocycles. The standard InChI is InChI=1S/C15H12N4O2/c1-20-13-4-2-3-9(8-16)14(13)19-15-18-11-7-10(17)5-6-12(11)21-15/h2-7H,17H2,1H3,(H,18,19). The normalized spacial score (nSPS) is 10.3. The highest BCUT2D eigenvalue weighted by Gasteiger charge is 2.13. The SMILES string of the molecule is COc1cccc(C#N)c1Nc1nc2cc(N)ccc2o1. The van der Waals surface area contributed by atoms with Gasteiger partial charge >= 0.3 is 0 Å². The Bertz CT molecular complexity index is 848. The van der Waals surface area contributed by atoms with Gasteiger partial charge in [-0.25, -0.2) is 0 Å². The van der Waals surface area contributed by atoms with Crippen LogP contribution in [0.1, 0.15) is 5.56 Å². The van der Waals surface area contributed by atoms with E-state index >= 15 is 0 Å². The molecule has 6 heteroatoms. The second-order valence-electron chi connectivity index (χ2n) is 4.37. The number of aromatic nitrogens is 1. The maximum Gasteiger partial charge on any atom is 0.300 e. The number of nitrogens with one attached hydrogen (secondary N) is 1. The van der Waals surface area contributed by atoms with Crippen molar-refractivity contribution in [1.29, 1.82) is 5.26 Å². The number of fused-ring (bicyclic) bond motifs is 1. The Hall–Kier alpha value is -3.20. The van der Waals surface area contributed by atoms with Gasteiger partial charge in [0.25, 0.3) is 6.01 Å². The molecule has 3 aromatic rings. The lowest BCUT2D eigenvalue weighted by Gasteiger charge is -2.09. The number of nitrogen functional groups attached to an aromatic ring is 1. The van der Waals surface area contributed by atoms with E-state index in [1.807, 2.05) is 0 Å². The number of anilines is 3. The number of benzene rings is 2. The average Bonchev–Trinajstić information content (AvgIpc) is 2.88. The molecule has 1 heterocycles. The summed E-state index contributed by atoms with van der Waals surface area (Å²) in [6.45, 7) is 0. The van der Waals surface area contributed by atoms with Crippen molar-refractivity contribution < 1.29 is 9.15 Å². The van der Waals surface area contributed by atoms with Crippen molar-refractivity contribution in [2.45, 2.75) is 0 Å². The first kappa shape index (κ1) is 12.8. The first-order chi connectivity index (χ1) is 10.2. The van der Waals surface area contributed by atoms with E-state index in [0.29, 0.717) is 33.8 Å². The van der Waals surface area contributed by atoms with Crippen molar-refractivity contribution in [2.24, 2.45) is 0 Å². The lowest BCUT2D eigenvalue weighted by Crippen LogP contribution is -1.97. The molecule has 0 fully saturated rings. The van der Waals surface area contributed by atoms with E-state index < -0.39 is 0 Å². The molecule has 0 atom stereocenters. The number of oxazole rings is 1. The number of rotatable bonds is 3. The zero-order valence-electron chi connectivity index (χ0n) is 11.3. The van der Waals surface area contributed by atoms with Crippen LogP contribution in [0.25, 0.3) is 11.1 Å². The second kappa shape index (κ2) is 5.06. The number of nitrogens with two attached hydrogens (primary N) is 1. The molecule has 3 N–H and O–H groups in total. The third-order valence-electron chi connectivity index (χ3n) is 3.01. The first-order valence-electron chi connectivity index (χ1n) is 6.21. The summed E-state index contributed by atoms with van der Waals surface area (Å²) < 4.78 is 10.8. The van der Waals surface area contributed by atoms with Crippen LogP contribution >= 0.6 is 0 Å². The Morgan fingerprint density at radius 1 is 1.33 bits per heavy atom. The maximum absolute atomic E-state index is 9.18. The summed E-state index contributed by atoms with van der Waals surface area (Å²) in [6, 6.07) is 12.8. The van der Waals surface area contributed by atoms with Gasteiger partial charge in [0.05, 0.1) is 12.7 Å². The molecule has 104 valence electrons. The van der Waals surface area contributed by atoms with Gasteiger partial charge in [0, 0.05) is 5.69 Å². The molecule has 3 rings (SSSR count). The third kappa shape index (κ3) is 2.32. The fraction of sp³-hybridized carbons (Fsp3) is 0.0667. The van der Waals surface area contributed by atoms with Crippen LogP contribution < -0.4 is 15.8 Å². The summed E-state index contributed by atoms with van der Waals surface area (Å²) in [5, 5.41) is 12.2. The Labute approximate surface area is 120 Å². The molecular weight excluding hydrogens is 268 g/mol. The quantitative estimate of drug-likeness (QED) is 0.716. The predicted octanol–water partition coefficient (Wildman–Crippen LogP) is 3.03. The molecule has 0 amide bonds. The molecule has 2 aromatic carbocycles. The Kier molecular flexibility index (Phi) is 3.09. The molecule has 0 aliphatic heterocycles. The zero-order chi connectivity index (χ0) is 14.8. The number of nitrogens with zero attached hydrogens (tertiary/aromatic N) is 2. The van der Waals surface area contributed by atoms with E-state index in [1.165, 1.54) is 7.11 Å². The number of para-hydroxylation sites is 1. The highest BCUT2D eigenvalue weighted by molar-refractivity contribution is 5.80. The highest BCUT2D eigenvalue weighted by atomic mass is 16.5. The highest BCUT2D eigenvalue weighted by Crippen LogP contribution is 2.32. The Balaban J connectivity index is 2.04. The van der Waals surface area contributed by atoms with Crippen LogP contribution in [0.3, 0.4) is 0 Å². The molecule has 21 heavy (non-hydrogen) atoms. The van der Waals surface area contributed by atoms with Gasteiger partial charge in [0.15, 0.2) is 5.58 Å². The number of methoxy groups -OCH3 is 1. The average molecular weight is 280 g/mol. The zero-order valence-corrected chi connectivity index (χ0v) is 11.3. The van der Waals surface area contributed by atoms with E-state index in [2.05, 4.69) is 16.4 Å². The third-order valence-corrected chi connectivity index (χ3v) is 3.01.